The molecule has 1 aromatic carbocycles. The highest BCUT2D eigenvalue weighted by Gasteiger charge is 2.30. The number of thioether (sulfide) groups is 1. The molecule has 0 radical (unpaired) electrons. The lowest BCUT2D eigenvalue weighted by Crippen LogP contribution is -2.24. The Kier molecular flexibility index (Phi) is 3.91. The van der Waals surface area contributed by atoms with Crippen molar-refractivity contribution < 1.29 is 14.7 Å². The Hall–Kier alpha value is -1.49. The zero-order valence-electron chi connectivity index (χ0n) is 10.1. The van der Waals surface area contributed by atoms with Gasteiger partial charge in [-0.1, -0.05) is 23.9 Å². The van der Waals surface area contributed by atoms with Gasteiger partial charge in [-0.05, 0) is 17.7 Å². The third-order valence-corrected chi connectivity index (χ3v) is 3.80. The van der Waals surface area contributed by atoms with E-state index in [0.29, 0.717) is 19.5 Å². The molecule has 1 amide bonds. The van der Waals surface area contributed by atoms with E-state index >= 15 is 0 Å². The van der Waals surface area contributed by atoms with Crippen LogP contribution < -0.4 is 0 Å². The van der Waals surface area contributed by atoms with Gasteiger partial charge in [0.15, 0.2) is 5.12 Å². The SMILES string of the molecule is CC(=O)SC1CC(=O)N(Cc2ccc(O)cc2)C1. The Morgan fingerprint density at radius 1 is 1.44 bits per heavy atom. The highest BCUT2D eigenvalue weighted by atomic mass is 32.2. The van der Waals surface area contributed by atoms with Crippen LogP contribution in [0.5, 0.6) is 5.75 Å². The fourth-order valence-electron chi connectivity index (χ4n) is 2.02. The number of hydrogen-bond acceptors (Lipinski definition) is 4. The molecule has 1 N–H and O–H groups in total. The standard InChI is InChI=1S/C13H15NO3S/c1-9(15)18-12-6-13(17)14(8-12)7-10-2-4-11(16)5-3-10/h2-5,12,16H,6-8H2,1H3. The maximum absolute atomic E-state index is 11.8. The normalized spacial score (nSPS) is 19.3. The molecule has 0 bridgehead atoms. The van der Waals surface area contributed by atoms with Gasteiger partial charge in [-0.3, -0.25) is 9.59 Å². The molecule has 1 fully saturated rings. The summed E-state index contributed by atoms with van der Waals surface area (Å²) in [4.78, 5) is 24.6. The zero-order valence-corrected chi connectivity index (χ0v) is 10.9. The van der Waals surface area contributed by atoms with Gasteiger partial charge < -0.3 is 10.0 Å². The maximum atomic E-state index is 11.8. The number of phenols is 1. The van der Waals surface area contributed by atoms with E-state index in [1.54, 1.807) is 29.2 Å². The Morgan fingerprint density at radius 2 is 2.11 bits per heavy atom. The molecule has 1 aliphatic rings. The Bertz CT molecular complexity index is 458. The molecule has 1 aliphatic heterocycles. The van der Waals surface area contributed by atoms with E-state index in [-0.39, 0.29) is 22.0 Å². The largest absolute Gasteiger partial charge is 0.508 e. The lowest BCUT2D eigenvalue weighted by molar-refractivity contribution is -0.128. The zero-order chi connectivity index (χ0) is 13.1. The van der Waals surface area contributed by atoms with Gasteiger partial charge in [0.25, 0.3) is 0 Å². The predicted molar refractivity (Wildman–Crippen MR) is 70.2 cm³/mol. The number of benzene rings is 1. The summed E-state index contributed by atoms with van der Waals surface area (Å²) in [5.74, 6) is 0.304. The molecule has 96 valence electrons. The van der Waals surface area contributed by atoms with Crippen molar-refractivity contribution in [3.8, 4) is 5.75 Å². The highest BCUT2D eigenvalue weighted by Crippen LogP contribution is 2.25. The predicted octanol–water partition coefficient (Wildman–Crippen LogP) is 1.77. The minimum Gasteiger partial charge on any atom is -0.508 e. The van der Waals surface area contributed by atoms with Gasteiger partial charge in [0.1, 0.15) is 5.75 Å². The van der Waals surface area contributed by atoms with Crippen LogP contribution in [0.1, 0.15) is 18.9 Å². The number of nitrogens with zero attached hydrogens (tertiary/aromatic N) is 1. The van der Waals surface area contributed by atoms with E-state index < -0.39 is 0 Å². The van der Waals surface area contributed by atoms with E-state index in [0.717, 1.165) is 5.56 Å². The molecule has 2 rings (SSSR count). The molecule has 18 heavy (non-hydrogen) atoms. The fraction of sp³-hybridized carbons (Fsp3) is 0.385. The van der Waals surface area contributed by atoms with Gasteiger partial charge in [0.2, 0.25) is 5.91 Å². The first-order valence-electron chi connectivity index (χ1n) is 5.77. The smallest absolute Gasteiger partial charge is 0.224 e. The van der Waals surface area contributed by atoms with Crippen LogP contribution in [0.25, 0.3) is 0 Å². The second kappa shape index (κ2) is 5.44. The van der Waals surface area contributed by atoms with Gasteiger partial charge in [-0.25, -0.2) is 0 Å². The molecule has 1 aromatic rings. The number of rotatable bonds is 3. The summed E-state index contributed by atoms with van der Waals surface area (Å²) < 4.78 is 0. The number of amides is 1. The molecule has 5 heteroatoms. The number of carbonyl (C=O) groups excluding carboxylic acids is 2. The van der Waals surface area contributed by atoms with Crippen molar-refractivity contribution in [1.29, 1.82) is 0 Å². The highest BCUT2D eigenvalue weighted by molar-refractivity contribution is 8.14. The lowest BCUT2D eigenvalue weighted by Gasteiger charge is -2.16. The van der Waals surface area contributed by atoms with Crippen LogP contribution in [0, 0.1) is 0 Å². The van der Waals surface area contributed by atoms with Crippen molar-refractivity contribution in [1.82, 2.24) is 4.90 Å². The van der Waals surface area contributed by atoms with Crippen LogP contribution in [0.2, 0.25) is 0 Å². The van der Waals surface area contributed by atoms with Crippen molar-refractivity contribution in [2.75, 3.05) is 6.54 Å². The van der Waals surface area contributed by atoms with Gasteiger partial charge in [-0.15, -0.1) is 0 Å². The first kappa shape index (κ1) is 13.0. The summed E-state index contributed by atoms with van der Waals surface area (Å²) in [6, 6.07) is 6.82. The molecular formula is C13H15NO3S. The third kappa shape index (κ3) is 3.26. The fourth-order valence-corrected chi connectivity index (χ4v) is 2.97. The number of hydrogen-bond donors (Lipinski definition) is 1. The molecule has 1 heterocycles. The molecule has 0 aliphatic carbocycles. The quantitative estimate of drug-likeness (QED) is 0.905. The van der Waals surface area contributed by atoms with Gasteiger partial charge in [0.05, 0.1) is 0 Å². The summed E-state index contributed by atoms with van der Waals surface area (Å²) in [6.07, 6.45) is 0.433. The Balaban J connectivity index is 1.96. The van der Waals surface area contributed by atoms with Gasteiger partial charge in [0, 0.05) is 31.7 Å². The van der Waals surface area contributed by atoms with E-state index in [1.165, 1.54) is 18.7 Å². The molecule has 4 nitrogen and oxygen atoms in total. The first-order chi connectivity index (χ1) is 8.54. The average molecular weight is 265 g/mol. The minimum absolute atomic E-state index is 0.0549. The van der Waals surface area contributed by atoms with E-state index in [1.807, 2.05) is 0 Å². The first-order valence-corrected chi connectivity index (χ1v) is 6.65. The summed E-state index contributed by atoms with van der Waals surface area (Å²) in [5, 5.41) is 9.32. The third-order valence-electron chi connectivity index (χ3n) is 2.82. The van der Waals surface area contributed by atoms with Crippen LogP contribution in [-0.4, -0.2) is 32.8 Å². The van der Waals surface area contributed by atoms with E-state index in [2.05, 4.69) is 0 Å². The summed E-state index contributed by atoms with van der Waals surface area (Å²) >= 11 is 1.24. The molecule has 1 saturated heterocycles. The summed E-state index contributed by atoms with van der Waals surface area (Å²) in [6.45, 7) is 2.68. The Labute approximate surface area is 110 Å². The minimum atomic E-state index is 0.0549. The van der Waals surface area contributed by atoms with Crippen molar-refractivity contribution in [3.63, 3.8) is 0 Å². The number of carbonyl (C=O) groups is 2. The Morgan fingerprint density at radius 3 is 2.72 bits per heavy atom. The second-order valence-corrected chi connectivity index (χ2v) is 5.85. The summed E-state index contributed by atoms with van der Waals surface area (Å²) in [7, 11) is 0. The van der Waals surface area contributed by atoms with Crippen molar-refractivity contribution in [3.05, 3.63) is 29.8 Å². The molecule has 1 unspecified atom stereocenters. The summed E-state index contributed by atoms with van der Waals surface area (Å²) in [5.41, 5.74) is 0.981. The lowest BCUT2D eigenvalue weighted by atomic mass is 10.2. The molecule has 1 atom stereocenters. The van der Waals surface area contributed by atoms with E-state index in [4.69, 9.17) is 0 Å². The maximum Gasteiger partial charge on any atom is 0.224 e. The topological polar surface area (TPSA) is 57.6 Å². The van der Waals surface area contributed by atoms with Crippen LogP contribution in [0.4, 0.5) is 0 Å². The van der Waals surface area contributed by atoms with Crippen LogP contribution in [0.15, 0.2) is 24.3 Å². The van der Waals surface area contributed by atoms with Crippen molar-refractivity contribution in [2.45, 2.75) is 25.1 Å². The van der Waals surface area contributed by atoms with Crippen LogP contribution in [0.3, 0.4) is 0 Å². The monoisotopic (exact) mass is 265 g/mol. The number of likely N-dealkylation sites (tertiary alicyclic amines) is 1. The molecule has 0 saturated carbocycles. The average Bonchev–Trinajstić information content (AvgIpc) is 2.61. The number of aromatic hydroxyl groups is 1. The van der Waals surface area contributed by atoms with Crippen molar-refractivity contribution in [2.24, 2.45) is 0 Å². The van der Waals surface area contributed by atoms with Crippen LogP contribution in [-0.2, 0) is 16.1 Å². The van der Waals surface area contributed by atoms with Gasteiger partial charge in [-0.2, -0.15) is 0 Å². The van der Waals surface area contributed by atoms with Crippen molar-refractivity contribution >= 4 is 22.8 Å². The molecule has 0 aromatic heterocycles. The van der Waals surface area contributed by atoms with Crippen LogP contribution >= 0.6 is 11.8 Å². The molecule has 0 spiro atoms. The number of phenolic OH excluding ortho intramolecular Hbond substituents is 1. The second-order valence-electron chi connectivity index (χ2n) is 4.38. The molecular weight excluding hydrogens is 250 g/mol. The van der Waals surface area contributed by atoms with E-state index in [9.17, 15) is 14.7 Å². The van der Waals surface area contributed by atoms with Gasteiger partial charge >= 0.3 is 0 Å².